The predicted molar refractivity (Wildman–Crippen MR) is 90.4 cm³/mol. The van der Waals surface area contributed by atoms with Crippen molar-refractivity contribution in [1.82, 2.24) is 0 Å². The third-order valence-corrected chi connectivity index (χ3v) is 3.60. The fraction of sp³-hybridized carbons (Fsp3) is 0.316. The second kappa shape index (κ2) is 7.12. The van der Waals surface area contributed by atoms with E-state index in [4.69, 9.17) is 4.74 Å². The Kier molecular flexibility index (Phi) is 5.21. The van der Waals surface area contributed by atoms with Crippen LogP contribution in [0.5, 0.6) is 5.75 Å². The second-order valence-corrected chi connectivity index (χ2v) is 5.64. The molecule has 3 heteroatoms. The van der Waals surface area contributed by atoms with Gasteiger partial charge < -0.3 is 10.1 Å². The smallest absolute Gasteiger partial charge is 0.265 e. The zero-order valence-electron chi connectivity index (χ0n) is 13.6. The molecule has 0 fully saturated rings. The molecule has 1 amide bonds. The van der Waals surface area contributed by atoms with Crippen LogP contribution in [0.3, 0.4) is 0 Å². The van der Waals surface area contributed by atoms with Gasteiger partial charge in [-0.2, -0.15) is 0 Å². The first-order valence-corrected chi connectivity index (χ1v) is 7.61. The molecule has 2 aromatic rings. The Morgan fingerprint density at radius 2 is 1.68 bits per heavy atom. The van der Waals surface area contributed by atoms with Gasteiger partial charge in [0.1, 0.15) is 5.75 Å². The monoisotopic (exact) mass is 297 g/mol. The van der Waals surface area contributed by atoms with Crippen LogP contribution in [-0.2, 0) is 4.79 Å². The summed E-state index contributed by atoms with van der Waals surface area (Å²) in [6.07, 6.45) is 0.118. The Morgan fingerprint density at radius 3 is 2.32 bits per heavy atom. The maximum atomic E-state index is 12.4. The lowest BCUT2D eigenvalue weighted by Crippen LogP contribution is -2.32. The third kappa shape index (κ3) is 4.10. The maximum Gasteiger partial charge on any atom is 0.265 e. The number of hydrogen-bond donors (Lipinski definition) is 1. The number of anilines is 1. The highest BCUT2D eigenvalue weighted by molar-refractivity contribution is 5.94. The average Bonchev–Trinajstić information content (AvgIpc) is 2.50. The minimum atomic E-state index is -0.498. The average molecular weight is 297 g/mol. The van der Waals surface area contributed by atoms with Crippen LogP contribution < -0.4 is 10.1 Å². The molecule has 0 aliphatic rings. The topological polar surface area (TPSA) is 38.3 Å². The second-order valence-electron chi connectivity index (χ2n) is 5.64. The van der Waals surface area contributed by atoms with E-state index < -0.39 is 6.10 Å². The molecule has 3 nitrogen and oxygen atoms in total. The summed E-state index contributed by atoms with van der Waals surface area (Å²) in [5.41, 5.74) is 4.11. The molecule has 0 aromatic heterocycles. The molecule has 0 spiro atoms. The highest BCUT2D eigenvalue weighted by Gasteiger charge is 2.19. The first kappa shape index (κ1) is 16.1. The summed E-state index contributed by atoms with van der Waals surface area (Å²) in [4.78, 5) is 12.4. The molecule has 0 saturated carbocycles. The summed E-state index contributed by atoms with van der Waals surface area (Å²) in [6, 6.07) is 13.8. The standard InChI is InChI=1S/C19H23NO2/c1-5-17(22-18-12-14(3)6-9-15(18)4)19(21)20-16-10-7-13(2)8-11-16/h6-12,17H,5H2,1-4H3,(H,20,21)/t17-/m0/s1. The molecule has 1 N–H and O–H groups in total. The summed E-state index contributed by atoms with van der Waals surface area (Å²) in [5, 5.41) is 2.91. The highest BCUT2D eigenvalue weighted by Crippen LogP contribution is 2.22. The number of aryl methyl sites for hydroxylation is 3. The Hall–Kier alpha value is -2.29. The number of amides is 1. The Balaban J connectivity index is 2.08. The largest absolute Gasteiger partial charge is 0.480 e. The fourth-order valence-corrected chi connectivity index (χ4v) is 2.17. The number of nitrogens with one attached hydrogen (secondary N) is 1. The van der Waals surface area contributed by atoms with Gasteiger partial charge in [-0.25, -0.2) is 0 Å². The summed E-state index contributed by atoms with van der Waals surface area (Å²) >= 11 is 0. The van der Waals surface area contributed by atoms with Crippen LogP contribution in [0.1, 0.15) is 30.0 Å². The first-order valence-electron chi connectivity index (χ1n) is 7.61. The molecular formula is C19H23NO2. The van der Waals surface area contributed by atoms with Gasteiger partial charge in [0.2, 0.25) is 0 Å². The molecule has 1 atom stereocenters. The molecule has 0 bridgehead atoms. The molecule has 2 aromatic carbocycles. The Bertz CT molecular complexity index is 647. The van der Waals surface area contributed by atoms with Crippen molar-refractivity contribution in [2.45, 2.75) is 40.2 Å². The third-order valence-electron chi connectivity index (χ3n) is 3.60. The number of rotatable bonds is 5. The van der Waals surface area contributed by atoms with Crippen molar-refractivity contribution in [3.63, 3.8) is 0 Å². The van der Waals surface area contributed by atoms with E-state index in [1.165, 1.54) is 0 Å². The molecule has 0 heterocycles. The van der Waals surface area contributed by atoms with E-state index in [2.05, 4.69) is 5.32 Å². The molecule has 116 valence electrons. The van der Waals surface area contributed by atoms with Crippen molar-refractivity contribution < 1.29 is 9.53 Å². The molecular weight excluding hydrogens is 274 g/mol. The van der Waals surface area contributed by atoms with Gasteiger partial charge in [0.25, 0.3) is 5.91 Å². The number of benzene rings is 2. The lowest BCUT2D eigenvalue weighted by atomic mass is 10.1. The quantitative estimate of drug-likeness (QED) is 0.888. The van der Waals surface area contributed by atoms with E-state index in [0.29, 0.717) is 6.42 Å². The zero-order valence-corrected chi connectivity index (χ0v) is 13.6. The SMILES string of the molecule is CC[C@H](Oc1cc(C)ccc1C)C(=O)Nc1ccc(C)cc1. The van der Waals surface area contributed by atoms with Crippen LogP contribution >= 0.6 is 0 Å². The van der Waals surface area contributed by atoms with Crippen LogP contribution in [0.2, 0.25) is 0 Å². The van der Waals surface area contributed by atoms with Gasteiger partial charge in [0, 0.05) is 5.69 Å². The molecule has 0 radical (unpaired) electrons. The van der Waals surface area contributed by atoms with Crippen molar-refractivity contribution in [2.24, 2.45) is 0 Å². The van der Waals surface area contributed by atoms with E-state index in [0.717, 1.165) is 28.1 Å². The lowest BCUT2D eigenvalue weighted by Gasteiger charge is -2.19. The van der Waals surface area contributed by atoms with Crippen molar-refractivity contribution in [2.75, 3.05) is 5.32 Å². The Labute approximate surface area is 132 Å². The van der Waals surface area contributed by atoms with E-state index in [1.807, 2.05) is 70.2 Å². The first-order chi connectivity index (χ1) is 10.5. The van der Waals surface area contributed by atoms with E-state index in [1.54, 1.807) is 0 Å². The summed E-state index contributed by atoms with van der Waals surface area (Å²) < 4.78 is 5.92. The summed E-state index contributed by atoms with van der Waals surface area (Å²) in [5.74, 6) is 0.651. The molecule has 2 rings (SSSR count). The van der Waals surface area contributed by atoms with Gasteiger partial charge in [-0.1, -0.05) is 36.8 Å². The number of hydrogen-bond acceptors (Lipinski definition) is 2. The van der Waals surface area contributed by atoms with E-state index in [9.17, 15) is 4.79 Å². The van der Waals surface area contributed by atoms with Crippen molar-refractivity contribution in [1.29, 1.82) is 0 Å². The van der Waals surface area contributed by atoms with E-state index >= 15 is 0 Å². The van der Waals surface area contributed by atoms with Crippen LogP contribution in [-0.4, -0.2) is 12.0 Å². The van der Waals surface area contributed by atoms with Gasteiger partial charge >= 0.3 is 0 Å². The van der Waals surface area contributed by atoms with Gasteiger partial charge in [-0.05, 0) is 56.5 Å². The molecule has 0 saturated heterocycles. The van der Waals surface area contributed by atoms with E-state index in [-0.39, 0.29) is 5.91 Å². The molecule has 22 heavy (non-hydrogen) atoms. The minimum Gasteiger partial charge on any atom is -0.480 e. The molecule has 0 aliphatic heterocycles. The normalized spacial score (nSPS) is 11.8. The minimum absolute atomic E-state index is 0.118. The fourth-order valence-electron chi connectivity index (χ4n) is 2.17. The predicted octanol–water partition coefficient (Wildman–Crippen LogP) is 4.41. The van der Waals surface area contributed by atoms with Crippen LogP contribution in [0.25, 0.3) is 0 Å². The van der Waals surface area contributed by atoms with Gasteiger partial charge in [-0.15, -0.1) is 0 Å². The number of ether oxygens (including phenoxy) is 1. The molecule has 0 aliphatic carbocycles. The number of carbonyl (C=O) groups is 1. The van der Waals surface area contributed by atoms with Gasteiger partial charge in [0.15, 0.2) is 6.10 Å². The Morgan fingerprint density at radius 1 is 1.05 bits per heavy atom. The van der Waals surface area contributed by atoms with Crippen molar-refractivity contribution in [3.8, 4) is 5.75 Å². The van der Waals surface area contributed by atoms with Gasteiger partial charge in [0.05, 0.1) is 0 Å². The zero-order chi connectivity index (χ0) is 16.1. The van der Waals surface area contributed by atoms with Crippen LogP contribution in [0.15, 0.2) is 42.5 Å². The van der Waals surface area contributed by atoms with Crippen molar-refractivity contribution in [3.05, 3.63) is 59.2 Å². The highest BCUT2D eigenvalue weighted by atomic mass is 16.5. The summed E-state index contributed by atoms with van der Waals surface area (Å²) in [7, 11) is 0. The van der Waals surface area contributed by atoms with Crippen LogP contribution in [0.4, 0.5) is 5.69 Å². The maximum absolute atomic E-state index is 12.4. The molecule has 0 unspecified atom stereocenters. The van der Waals surface area contributed by atoms with Crippen LogP contribution in [0, 0.1) is 20.8 Å². The lowest BCUT2D eigenvalue weighted by molar-refractivity contribution is -0.122. The summed E-state index contributed by atoms with van der Waals surface area (Å²) in [6.45, 7) is 7.97. The number of carbonyl (C=O) groups excluding carboxylic acids is 1. The van der Waals surface area contributed by atoms with Gasteiger partial charge in [-0.3, -0.25) is 4.79 Å². The van der Waals surface area contributed by atoms with Crippen molar-refractivity contribution >= 4 is 11.6 Å².